The third kappa shape index (κ3) is 2.07. The van der Waals surface area contributed by atoms with Crippen LogP contribution in [0.4, 0.5) is 13.2 Å². The summed E-state index contributed by atoms with van der Waals surface area (Å²) in [6.07, 6.45) is -2.44. The van der Waals surface area contributed by atoms with E-state index in [9.17, 15) is 18.3 Å². The molecule has 0 spiro atoms. The van der Waals surface area contributed by atoms with Crippen LogP contribution in [0.3, 0.4) is 0 Å². The minimum atomic E-state index is -4.32. The Labute approximate surface area is 91.9 Å². The van der Waals surface area contributed by atoms with Gasteiger partial charge < -0.3 is 5.11 Å². The number of halogens is 3. The Balaban J connectivity index is 2.25. The average Bonchev–Trinajstić information content (AvgIpc) is 3.00. The Bertz CT molecular complexity index is 374. The van der Waals surface area contributed by atoms with Gasteiger partial charge in [-0.25, -0.2) is 0 Å². The lowest BCUT2D eigenvalue weighted by Gasteiger charge is -2.23. The van der Waals surface area contributed by atoms with Gasteiger partial charge in [-0.2, -0.15) is 13.2 Å². The molecule has 4 heteroatoms. The normalized spacial score (nSPS) is 20.6. The van der Waals surface area contributed by atoms with Crippen molar-refractivity contribution in [1.29, 1.82) is 0 Å². The second-order valence-corrected chi connectivity index (χ2v) is 4.50. The first kappa shape index (κ1) is 11.5. The topological polar surface area (TPSA) is 20.2 Å². The molecule has 1 unspecified atom stereocenters. The van der Waals surface area contributed by atoms with E-state index in [1.807, 2.05) is 0 Å². The maximum absolute atomic E-state index is 12.3. The SMILES string of the molecule is CC(O)(c1ccc(C(F)(F)F)cc1)C1CC1. The fraction of sp³-hybridized carbons (Fsp3) is 0.500. The van der Waals surface area contributed by atoms with E-state index in [2.05, 4.69) is 0 Å². The molecule has 0 amide bonds. The number of hydrogen-bond donors (Lipinski definition) is 1. The smallest absolute Gasteiger partial charge is 0.385 e. The Morgan fingerprint density at radius 3 is 1.88 bits per heavy atom. The van der Waals surface area contributed by atoms with Crippen LogP contribution in [0.15, 0.2) is 24.3 Å². The van der Waals surface area contributed by atoms with Gasteiger partial charge in [0.1, 0.15) is 0 Å². The summed E-state index contributed by atoms with van der Waals surface area (Å²) in [6.45, 7) is 1.66. The highest BCUT2D eigenvalue weighted by Crippen LogP contribution is 2.45. The van der Waals surface area contributed by atoms with E-state index < -0.39 is 17.3 Å². The van der Waals surface area contributed by atoms with E-state index in [1.54, 1.807) is 6.92 Å². The van der Waals surface area contributed by atoms with Crippen LogP contribution in [0.1, 0.15) is 30.9 Å². The summed E-state index contributed by atoms with van der Waals surface area (Å²) in [6, 6.07) is 4.76. The van der Waals surface area contributed by atoms with Crippen molar-refractivity contribution in [3.63, 3.8) is 0 Å². The maximum Gasteiger partial charge on any atom is 0.416 e. The number of alkyl halides is 3. The second kappa shape index (κ2) is 3.48. The summed E-state index contributed by atoms with van der Waals surface area (Å²) in [5, 5.41) is 10.1. The van der Waals surface area contributed by atoms with Gasteiger partial charge in [0, 0.05) is 0 Å². The van der Waals surface area contributed by atoms with Crippen LogP contribution in [0.25, 0.3) is 0 Å². The molecule has 1 N–H and O–H groups in total. The van der Waals surface area contributed by atoms with E-state index in [0.29, 0.717) is 5.56 Å². The van der Waals surface area contributed by atoms with Crippen LogP contribution in [0.5, 0.6) is 0 Å². The van der Waals surface area contributed by atoms with Gasteiger partial charge in [-0.1, -0.05) is 12.1 Å². The molecular formula is C12H13F3O. The highest BCUT2D eigenvalue weighted by atomic mass is 19.4. The lowest BCUT2D eigenvalue weighted by molar-refractivity contribution is -0.137. The van der Waals surface area contributed by atoms with Gasteiger partial charge in [-0.3, -0.25) is 0 Å². The molecular weight excluding hydrogens is 217 g/mol. The zero-order valence-electron chi connectivity index (χ0n) is 8.88. The largest absolute Gasteiger partial charge is 0.416 e. The highest BCUT2D eigenvalue weighted by molar-refractivity contribution is 5.29. The van der Waals surface area contributed by atoms with Gasteiger partial charge in [0.05, 0.1) is 11.2 Å². The monoisotopic (exact) mass is 230 g/mol. The van der Waals surface area contributed by atoms with Gasteiger partial charge in [0.25, 0.3) is 0 Å². The molecule has 2 rings (SSSR count). The molecule has 0 aromatic heterocycles. The molecule has 1 aliphatic carbocycles. The Kier molecular flexibility index (Phi) is 2.49. The number of aliphatic hydroxyl groups is 1. The van der Waals surface area contributed by atoms with E-state index in [1.165, 1.54) is 12.1 Å². The maximum atomic E-state index is 12.3. The van der Waals surface area contributed by atoms with Crippen molar-refractivity contribution >= 4 is 0 Å². The molecule has 1 aromatic carbocycles. The number of benzene rings is 1. The molecule has 0 saturated heterocycles. The van der Waals surface area contributed by atoms with Crippen molar-refractivity contribution < 1.29 is 18.3 Å². The molecule has 1 saturated carbocycles. The van der Waals surface area contributed by atoms with Gasteiger partial charge in [0.2, 0.25) is 0 Å². The molecule has 1 aliphatic rings. The van der Waals surface area contributed by atoms with Crippen LogP contribution in [-0.2, 0) is 11.8 Å². The first-order chi connectivity index (χ1) is 7.32. The quantitative estimate of drug-likeness (QED) is 0.826. The van der Waals surface area contributed by atoms with Crippen LogP contribution in [-0.4, -0.2) is 5.11 Å². The van der Waals surface area contributed by atoms with E-state index in [0.717, 1.165) is 25.0 Å². The van der Waals surface area contributed by atoms with Gasteiger partial charge in [-0.05, 0) is 43.4 Å². The third-order valence-electron chi connectivity index (χ3n) is 3.17. The number of hydrogen-bond acceptors (Lipinski definition) is 1. The second-order valence-electron chi connectivity index (χ2n) is 4.50. The summed E-state index contributed by atoms with van der Waals surface area (Å²) in [7, 11) is 0. The Morgan fingerprint density at radius 1 is 1.06 bits per heavy atom. The Morgan fingerprint density at radius 2 is 1.50 bits per heavy atom. The fourth-order valence-corrected chi connectivity index (χ4v) is 1.88. The summed E-state index contributed by atoms with van der Waals surface area (Å²) < 4.78 is 37.0. The molecule has 1 aromatic rings. The predicted molar refractivity (Wildman–Crippen MR) is 53.7 cm³/mol. The lowest BCUT2D eigenvalue weighted by Crippen LogP contribution is -2.23. The molecule has 16 heavy (non-hydrogen) atoms. The molecule has 1 nitrogen and oxygen atoms in total. The van der Waals surface area contributed by atoms with E-state index in [4.69, 9.17) is 0 Å². The molecule has 0 radical (unpaired) electrons. The zero-order valence-corrected chi connectivity index (χ0v) is 8.88. The van der Waals surface area contributed by atoms with Crippen molar-refractivity contribution in [2.45, 2.75) is 31.5 Å². The van der Waals surface area contributed by atoms with E-state index in [-0.39, 0.29) is 5.92 Å². The first-order valence-corrected chi connectivity index (χ1v) is 5.22. The molecule has 0 aliphatic heterocycles. The van der Waals surface area contributed by atoms with Crippen LogP contribution < -0.4 is 0 Å². The van der Waals surface area contributed by atoms with Crippen molar-refractivity contribution in [2.75, 3.05) is 0 Å². The third-order valence-corrected chi connectivity index (χ3v) is 3.17. The summed E-state index contributed by atoms with van der Waals surface area (Å²) in [4.78, 5) is 0. The van der Waals surface area contributed by atoms with Crippen molar-refractivity contribution in [2.24, 2.45) is 5.92 Å². The minimum absolute atomic E-state index is 0.184. The average molecular weight is 230 g/mol. The minimum Gasteiger partial charge on any atom is -0.385 e. The van der Waals surface area contributed by atoms with Crippen LogP contribution in [0, 0.1) is 5.92 Å². The van der Waals surface area contributed by atoms with Crippen LogP contribution >= 0.6 is 0 Å². The van der Waals surface area contributed by atoms with E-state index >= 15 is 0 Å². The summed E-state index contributed by atoms with van der Waals surface area (Å²) in [5.74, 6) is 0.184. The molecule has 88 valence electrons. The predicted octanol–water partition coefficient (Wildman–Crippen LogP) is 3.32. The van der Waals surface area contributed by atoms with Crippen molar-refractivity contribution in [3.05, 3.63) is 35.4 Å². The van der Waals surface area contributed by atoms with Gasteiger partial charge in [0.15, 0.2) is 0 Å². The first-order valence-electron chi connectivity index (χ1n) is 5.22. The zero-order chi connectivity index (χ0) is 12.0. The van der Waals surface area contributed by atoms with Crippen molar-refractivity contribution in [1.82, 2.24) is 0 Å². The summed E-state index contributed by atoms with van der Waals surface area (Å²) in [5.41, 5.74) is -1.12. The van der Waals surface area contributed by atoms with Crippen molar-refractivity contribution in [3.8, 4) is 0 Å². The standard InChI is InChI=1S/C12H13F3O/c1-11(16,8-2-3-8)9-4-6-10(7-5-9)12(13,14)15/h4-8,16H,2-3H2,1H3. The molecule has 1 atom stereocenters. The lowest BCUT2D eigenvalue weighted by atomic mass is 9.90. The Hall–Kier alpha value is -1.03. The summed E-state index contributed by atoms with van der Waals surface area (Å²) >= 11 is 0. The highest BCUT2D eigenvalue weighted by Gasteiger charge is 2.41. The number of rotatable bonds is 2. The molecule has 0 heterocycles. The fourth-order valence-electron chi connectivity index (χ4n) is 1.88. The van der Waals surface area contributed by atoms with Crippen LogP contribution in [0.2, 0.25) is 0 Å². The molecule has 0 bridgehead atoms. The van der Waals surface area contributed by atoms with Gasteiger partial charge in [-0.15, -0.1) is 0 Å². The molecule has 1 fully saturated rings. The van der Waals surface area contributed by atoms with Gasteiger partial charge >= 0.3 is 6.18 Å².